The van der Waals surface area contributed by atoms with E-state index in [1.165, 1.54) is 0 Å². The molecule has 0 radical (unpaired) electrons. The summed E-state index contributed by atoms with van der Waals surface area (Å²) in [4.78, 5) is 0. The van der Waals surface area contributed by atoms with Gasteiger partial charge in [-0.05, 0) is 51.4 Å². The number of halogens is 1. The van der Waals surface area contributed by atoms with E-state index in [4.69, 9.17) is 21.1 Å². The maximum atomic E-state index is 6.13. The van der Waals surface area contributed by atoms with Gasteiger partial charge in [0.25, 0.3) is 0 Å². The monoisotopic (exact) mass is 285 g/mol. The molecular formula is C15H24ClNO2. The number of ether oxygens (including phenoxy) is 2. The molecule has 0 saturated heterocycles. The Morgan fingerprint density at radius 2 is 2.16 bits per heavy atom. The standard InChI is InChI=1S/C15H24ClNO2/c1-4-18-9-5-8-17-11-13(3)19-15-7-6-12(2)10-14(15)16/h6-7,10,13,17H,4-5,8-9,11H2,1-3H3. The third-order valence-electron chi connectivity index (χ3n) is 2.69. The van der Waals surface area contributed by atoms with Crippen LogP contribution in [0.4, 0.5) is 0 Å². The van der Waals surface area contributed by atoms with E-state index in [0.717, 1.165) is 44.0 Å². The highest BCUT2D eigenvalue weighted by molar-refractivity contribution is 6.32. The summed E-state index contributed by atoms with van der Waals surface area (Å²) < 4.78 is 11.1. The largest absolute Gasteiger partial charge is 0.488 e. The topological polar surface area (TPSA) is 30.5 Å². The van der Waals surface area contributed by atoms with Crippen molar-refractivity contribution < 1.29 is 9.47 Å². The van der Waals surface area contributed by atoms with Crippen LogP contribution < -0.4 is 10.1 Å². The normalized spacial score (nSPS) is 12.4. The van der Waals surface area contributed by atoms with Crippen LogP contribution >= 0.6 is 11.6 Å². The Labute approximate surface area is 121 Å². The zero-order chi connectivity index (χ0) is 14.1. The minimum atomic E-state index is 0.0901. The van der Waals surface area contributed by atoms with Gasteiger partial charge >= 0.3 is 0 Å². The number of benzene rings is 1. The fourth-order valence-corrected chi connectivity index (χ4v) is 1.99. The SMILES string of the molecule is CCOCCCNCC(C)Oc1ccc(C)cc1Cl. The molecule has 19 heavy (non-hydrogen) atoms. The van der Waals surface area contributed by atoms with Crippen LogP contribution in [0.1, 0.15) is 25.8 Å². The van der Waals surface area contributed by atoms with Crippen molar-refractivity contribution >= 4 is 11.6 Å². The molecule has 1 N–H and O–H groups in total. The predicted molar refractivity (Wildman–Crippen MR) is 80.3 cm³/mol. The average molecular weight is 286 g/mol. The summed E-state index contributed by atoms with van der Waals surface area (Å²) in [5.41, 5.74) is 1.14. The molecule has 0 aliphatic heterocycles. The van der Waals surface area contributed by atoms with Crippen molar-refractivity contribution in [1.82, 2.24) is 5.32 Å². The maximum Gasteiger partial charge on any atom is 0.138 e. The van der Waals surface area contributed by atoms with E-state index in [1.54, 1.807) is 0 Å². The number of nitrogens with one attached hydrogen (secondary N) is 1. The Balaban J connectivity index is 2.21. The summed E-state index contributed by atoms with van der Waals surface area (Å²) in [5.74, 6) is 0.746. The number of hydrogen-bond donors (Lipinski definition) is 1. The minimum absolute atomic E-state index is 0.0901. The second-order valence-corrected chi connectivity index (χ2v) is 5.02. The van der Waals surface area contributed by atoms with Crippen molar-refractivity contribution in [3.05, 3.63) is 28.8 Å². The first-order valence-electron chi connectivity index (χ1n) is 6.84. The smallest absolute Gasteiger partial charge is 0.138 e. The lowest BCUT2D eigenvalue weighted by Gasteiger charge is -2.16. The maximum absolute atomic E-state index is 6.13. The van der Waals surface area contributed by atoms with Gasteiger partial charge in [0.15, 0.2) is 0 Å². The number of rotatable bonds is 9. The molecule has 1 aromatic carbocycles. The lowest BCUT2D eigenvalue weighted by atomic mass is 10.2. The lowest BCUT2D eigenvalue weighted by molar-refractivity contribution is 0.143. The van der Waals surface area contributed by atoms with E-state index in [0.29, 0.717) is 5.02 Å². The highest BCUT2D eigenvalue weighted by Crippen LogP contribution is 2.25. The third kappa shape index (κ3) is 6.81. The quantitative estimate of drug-likeness (QED) is 0.705. The summed E-state index contributed by atoms with van der Waals surface area (Å²) >= 11 is 6.13. The van der Waals surface area contributed by atoms with Gasteiger partial charge in [-0.25, -0.2) is 0 Å². The predicted octanol–water partition coefficient (Wildman–Crippen LogP) is 3.43. The van der Waals surface area contributed by atoms with Gasteiger partial charge in [-0.3, -0.25) is 0 Å². The first kappa shape index (κ1) is 16.3. The summed E-state index contributed by atoms with van der Waals surface area (Å²) in [6.45, 7) is 9.39. The van der Waals surface area contributed by atoms with Crippen LogP contribution in [0.15, 0.2) is 18.2 Å². The van der Waals surface area contributed by atoms with Crippen LogP contribution in [0.25, 0.3) is 0 Å². The zero-order valence-electron chi connectivity index (χ0n) is 12.0. The molecule has 108 valence electrons. The second kappa shape index (κ2) is 9.18. The van der Waals surface area contributed by atoms with Gasteiger partial charge in [-0.2, -0.15) is 0 Å². The van der Waals surface area contributed by atoms with Gasteiger partial charge in [0.05, 0.1) is 5.02 Å². The third-order valence-corrected chi connectivity index (χ3v) is 2.99. The average Bonchev–Trinajstić information content (AvgIpc) is 2.37. The highest BCUT2D eigenvalue weighted by atomic mass is 35.5. The molecule has 4 heteroatoms. The fourth-order valence-electron chi connectivity index (χ4n) is 1.71. The zero-order valence-corrected chi connectivity index (χ0v) is 12.8. The first-order chi connectivity index (χ1) is 9.13. The molecule has 0 aliphatic carbocycles. The molecule has 0 aromatic heterocycles. The Kier molecular flexibility index (Phi) is 7.87. The van der Waals surface area contributed by atoms with Crippen LogP contribution in [0.3, 0.4) is 0 Å². The fraction of sp³-hybridized carbons (Fsp3) is 0.600. The number of hydrogen-bond acceptors (Lipinski definition) is 3. The van der Waals surface area contributed by atoms with Crippen molar-refractivity contribution in [3.8, 4) is 5.75 Å². The van der Waals surface area contributed by atoms with Crippen molar-refractivity contribution in [3.63, 3.8) is 0 Å². The van der Waals surface area contributed by atoms with Crippen LogP contribution in [-0.4, -0.2) is 32.4 Å². The molecule has 1 aromatic rings. The van der Waals surface area contributed by atoms with Gasteiger partial charge < -0.3 is 14.8 Å². The molecule has 1 unspecified atom stereocenters. The number of aryl methyl sites for hydroxylation is 1. The van der Waals surface area contributed by atoms with Crippen molar-refractivity contribution in [2.45, 2.75) is 33.3 Å². The van der Waals surface area contributed by atoms with Crippen LogP contribution in [0.5, 0.6) is 5.75 Å². The van der Waals surface area contributed by atoms with E-state index in [9.17, 15) is 0 Å². The molecule has 0 fully saturated rings. The molecule has 0 amide bonds. The molecule has 3 nitrogen and oxygen atoms in total. The molecule has 0 heterocycles. The van der Waals surface area contributed by atoms with E-state index >= 15 is 0 Å². The van der Waals surface area contributed by atoms with Crippen LogP contribution in [-0.2, 0) is 4.74 Å². The molecule has 1 atom stereocenters. The van der Waals surface area contributed by atoms with Crippen molar-refractivity contribution in [1.29, 1.82) is 0 Å². The lowest BCUT2D eigenvalue weighted by Crippen LogP contribution is -2.30. The van der Waals surface area contributed by atoms with Gasteiger partial charge in [0.1, 0.15) is 11.9 Å². The Hall–Kier alpha value is -0.770. The minimum Gasteiger partial charge on any atom is -0.488 e. The Morgan fingerprint density at radius 1 is 1.37 bits per heavy atom. The van der Waals surface area contributed by atoms with Crippen molar-refractivity contribution in [2.75, 3.05) is 26.3 Å². The molecule has 1 rings (SSSR count). The highest BCUT2D eigenvalue weighted by Gasteiger charge is 2.07. The summed E-state index contributed by atoms with van der Waals surface area (Å²) in [7, 11) is 0. The van der Waals surface area contributed by atoms with Gasteiger partial charge in [-0.1, -0.05) is 17.7 Å². The first-order valence-corrected chi connectivity index (χ1v) is 7.22. The van der Waals surface area contributed by atoms with Crippen molar-refractivity contribution in [2.24, 2.45) is 0 Å². The van der Waals surface area contributed by atoms with Crippen LogP contribution in [0.2, 0.25) is 5.02 Å². The molecular weight excluding hydrogens is 262 g/mol. The van der Waals surface area contributed by atoms with E-state index in [1.807, 2.05) is 39.0 Å². The Morgan fingerprint density at radius 3 is 2.84 bits per heavy atom. The summed E-state index contributed by atoms with van der Waals surface area (Å²) in [6, 6.07) is 5.84. The van der Waals surface area contributed by atoms with E-state index < -0.39 is 0 Å². The van der Waals surface area contributed by atoms with Gasteiger partial charge in [0, 0.05) is 19.8 Å². The molecule has 0 saturated carbocycles. The van der Waals surface area contributed by atoms with Crippen LogP contribution in [0, 0.1) is 6.92 Å². The summed E-state index contributed by atoms with van der Waals surface area (Å²) in [6.07, 6.45) is 1.11. The van der Waals surface area contributed by atoms with Gasteiger partial charge in [0.2, 0.25) is 0 Å². The van der Waals surface area contributed by atoms with E-state index in [2.05, 4.69) is 5.32 Å². The molecule has 0 spiro atoms. The van der Waals surface area contributed by atoms with Gasteiger partial charge in [-0.15, -0.1) is 0 Å². The summed E-state index contributed by atoms with van der Waals surface area (Å²) in [5, 5.41) is 4.02. The second-order valence-electron chi connectivity index (χ2n) is 4.62. The van der Waals surface area contributed by atoms with E-state index in [-0.39, 0.29) is 6.10 Å². The Bertz CT molecular complexity index is 371. The molecule has 0 aliphatic rings. The molecule has 0 bridgehead atoms.